The highest BCUT2D eigenvalue weighted by Gasteiger charge is 2.29. The van der Waals surface area contributed by atoms with Crippen molar-refractivity contribution in [2.24, 2.45) is 13.0 Å². The number of hydrogen-bond donors (Lipinski definition) is 0. The number of carbonyl (C=O) groups excluding carboxylic acids is 1. The highest BCUT2D eigenvalue weighted by atomic mass is 16.2. The highest BCUT2D eigenvalue weighted by molar-refractivity contribution is 5.79. The molecule has 1 aliphatic rings. The number of amides is 1. The molecule has 0 unspecified atom stereocenters. The fourth-order valence-electron chi connectivity index (χ4n) is 3.88. The standard InChI is InChI=1S/C20H30N4O/c1-5-24(15(2)3)20(25)16-10-12-23(13-11-16)14-19-21-17-8-6-7-9-18(17)22(19)4/h6-9,15-16H,5,10-14H2,1-4H3. The van der Waals surface area contributed by atoms with Crippen molar-refractivity contribution in [2.45, 2.75) is 46.2 Å². The summed E-state index contributed by atoms with van der Waals surface area (Å²) in [5, 5.41) is 0. The Hall–Kier alpha value is -1.88. The number of rotatable bonds is 5. The van der Waals surface area contributed by atoms with Gasteiger partial charge < -0.3 is 9.47 Å². The van der Waals surface area contributed by atoms with Gasteiger partial charge in [0.15, 0.2) is 0 Å². The Balaban J connectivity index is 1.60. The number of piperidine rings is 1. The number of carbonyl (C=O) groups is 1. The minimum Gasteiger partial charge on any atom is -0.340 e. The lowest BCUT2D eigenvalue weighted by Crippen LogP contribution is -2.45. The van der Waals surface area contributed by atoms with Crippen molar-refractivity contribution in [2.75, 3.05) is 19.6 Å². The average Bonchev–Trinajstić information content (AvgIpc) is 2.92. The topological polar surface area (TPSA) is 41.4 Å². The van der Waals surface area contributed by atoms with Crippen LogP contribution in [0.3, 0.4) is 0 Å². The van der Waals surface area contributed by atoms with Crippen molar-refractivity contribution in [3.05, 3.63) is 30.1 Å². The summed E-state index contributed by atoms with van der Waals surface area (Å²) >= 11 is 0. The molecule has 136 valence electrons. The molecular formula is C20H30N4O. The van der Waals surface area contributed by atoms with Gasteiger partial charge in [-0.1, -0.05) is 12.1 Å². The number of hydrogen-bond acceptors (Lipinski definition) is 3. The van der Waals surface area contributed by atoms with Crippen molar-refractivity contribution in [1.82, 2.24) is 19.4 Å². The van der Waals surface area contributed by atoms with Gasteiger partial charge in [-0.15, -0.1) is 0 Å². The maximum Gasteiger partial charge on any atom is 0.225 e. The Bertz CT molecular complexity index is 728. The van der Waals surface area contributed by atoms with Crippen LogP contribution in [0.1, 0.15) is 39.4 Å². The zero-order valence-corrected chi connectivity index (χ0v) is 15.9. The number of imidazole rings is 1. The molecule has 0 saturated carbocycles. The van der Waals surface area contributed by atoms with Crippen LogP contribution in [0, 0.1) is 5.92 Å². The maximum absolute atomic E-state index is 12.7. The van der Waals surface area contributed by atoms with Gasteiger partial charge in [0.1, 0.15) is 5.82 Å². The first kappa shape index (κ1) is 17.9. The Labute approximate surface area is 150 Å². The van der Waals surface area contributed by atoms with Crippen LogP contribution in [0.25, 0.3) is 11.0 Å². The third kappa shape index (κ3) is 3.71. The van der Waals surface area contributed by atoms with Gasteiger partial charge in [0, 0.05) is 25.6 Å². The molecular weight excluding hydrogens is 312 g/mol. The molecule has 5 heteroatoms. The van der Waals surface area contributed by atoms with E-state index in [1.54, 1.807) is 0 Å². The maximum atomic E-state index is 12.7. The summed E-state index contributed by atoms with van der Waals surface area (Å²) in [5.41, 5.74) is 2.23. The minimum atomic E-state index is 0.180. The van der Waals surface area contributed by atoms with Crippen LogP contribution in [0.2, 0.25) is 0 Å². The second-order valence-electron chi connectivity index (χ2n) is 7.34. The second kappa shape index (κ2) is 7.56. The van der Waals surface area contributed by atoms with E-state index in [0.29, 0.717) is 5.91 Å². The number of para-hydroxylation sites is 2. The van der Waals surface area contributed by atoms with Gasteiger partial charge >= 0.3 is 0 Å². The SMILES string of the molecule is CCN(C(=O)C1CCN(Cc2nc3ccccc3n2C)CC1)C(C)C. The Morgan fingerprint density at radius 3 is 2.56 bits per heavy atom. The lowest BCUT2D eigenvalue weighted by atomic mass is 9.94. The van der Waals surface area contributed by atoms with Gasteiger partial charge in [-0.25, -0.2) is 4.98 Å². The molecule has 0 bridgehead atoms. The molecule has 0 spiro atoms. The number of aromatic nitrogens is 2. The summed E-state index contributed by atoms with van der Waals surface area (Å²) in [4.78, 5) is 21.9. The molecule has 1 amide bonds. The molecule has 0 atom stereocenters. The lowest BCUT2D eigenvalue weighted by Gasteiger charge is -2.35. The predicted octanol–water partition coefficient (Wildman–Crippen LogP) is 3.04. The third-order valence-electron chi connectivity index (χ3n) is 5.43. The smallest absolute Gasteiger partial charge is 0.225 e. The fourth-order valence-corrected chi connectivity index (χ4v) is 3.88. The quantitative estimate of drug-likeness (QED) is 0.839. The normalized spacial score (nSPS) is 16.7. The molecule has 0 radical (unpaired) electrons. The molecule has 1 aromatic carbocycles. The summed E-state index contributed by atoms with van der Waals surface area (Å²) < 4.78 is 2.18. The minimum absolute atomic E-state index is 0.180. The Morgan fingerprint density at radius 2 is 1.96 bits per heavy atom. The fraction of sp³-hybridized carbons (Fsp3) is 0.600. The van der Waals surface area contributed by atoms with Crippen LogP contribution >= 0.6 is 0 Å². The van der Waals surface area contributed by atoms with Gasteiger partial charge in [0.2, 0.25) is 5.91 Å². The van der Waals surface area contributed by atoms with E-state index < -0.39 is 0 Å². The van der Waals surface area contributed by atoms with Crippen LogP contribution < -0.4 is 0 Å². The van der Waals surface area contributed by atoms with Crippen LogP contribution in [0.4, 0.5) is 0 Å². The van der Waals surface area contributed by atoms with E-state index in [1.807, 2.05) is 11.0 Å². The molecule has 1 aliphatic heterocycles. The first-order valence-electron chi connectivity index (χ1n) is 9.44. The Kier molecular flexibility index (Phi) is 5.42. The Morgan fingerprint density at radius 1 is 1.28 bits per heavy atom. The van der Waals surface area contributed by atoms with E-state index >= 15 is 0 Å². The van der Waals surface area contributed by atoms with E-state index in [1.165, 1.54) is 5.52 Å². The third-order valence-corrected chi connectivity index (χ3v) is 5.43. The van der Waals surface area contributed by atoms with Gasteiger partial charge in [-0.3, -0.25) is 9.69 Å². The van der Waals surface area contributed by atoms with E-state index in [2.05, 4.69) is 55.5 Å². The average molecular weight is 342 g/mol. The number of nitrogens with zero attached hydrogens (tertiary/aromatic N) is 4. The molecule has 5 nitrogen and oxygen atoms in total. The van der Waals surface area contributed by atoms with Crippen molar-refractivity contribution < 1.29 is 4.79 Å². The van der Waals surface area contributed by atoms with Crippen molar-refractivity contribution >= 4 is 16.9 Å². The van der Waals surface area contributed by atoms with E-state index in [9.17, 15) is 4.79 Å². The highest BCUT2D eigenvalue weighted by Crippen LogP contribution is 2.23. The molecule has 1 saturated heterocycles. The van der Waals surface area contributed by atoms with Crippen LogP contribution in [-0.4, -0.2) is 50.9 Å². The van der Waals surface area contributed by atoms with Gasteiger partial charge in [0.25, 0.3) is 0 Å². The van der Waals surface area contributed by atoms with Crippen LogP contribution in [-0.2, 0) is 18.4 Å². The van der Waals surface area contributed by atoms with Gasteiger partial charge in [0.05, 0.1) is 17.6 Å². The van der Waals surface area contributed by atoms with Gasteiger partial charge in [-0.2, -0.15) is 0 Å². The van der Waals surface area contributed by atoms with Gasteiger partial charge in [-0.05, 0) is 58.8 Å². The number of likely N-dealkylation sites (tertiary alicyclic amines) is 1. The summed E-state index contributed by atoms with van der Waals surface area (Å²) in [5.74, 6) is 1.61. The van der Waals surface area contributed by atoms with Crippen molar-refractivity contribution in [3.8, 4) is 0 Å². The lowest BCUT2D eigenvalue weighted by molar-refractivity contribution is -0.138. The van der Waals surface area contributed by atoms with E-state index in [-0.39, 0.29) is 12.0 Å². The zero-order valence-electron chi connectivity index (χ0n) is 15.9. The summed E-state index contributed by atoms with van der Waals surface area (Å²) in [6.07, 6.45) is 1.90. The first-order valence-corrected chi connectivity index (χ1v) is 9.44. The molecule has 1 fully saturated rings. The molecule has 1 aromatic heterocycles. The molecule has 3 rings (SSSR count). The number of benzene rings is 1. The largest absolute Gasteiger partial charge is 0.340 e. The molecule has 0 N–H and O–H groups in total. The molecule has 0 aliphatic carbocycles. The summed E-state index contributed by atoms with van der Waals surface area (Å²) in [6.45, 7) is 9.86. The van der Waals surface area contributed by atoms with E-state index in [0.717, 1.165) is 50.4 Å². The molecule has 2 heterocycles. The van der Waals surface area contributed by atoms with E-state index in [4.69, 9.17) is 4.98 Å². The molecule has 2 aromatic rings. The monoisotopic (exact) mass is 342 g/mol. The summed E-state index contributed by atoms with van der Waals surface area (Å²) in [7, 11) is 2.09. The predicted molar refractivity (Wildman–Crippen MR) is 101 cm³/mol. The number of fused-ring (bicyclic) bond motifs is 1. The van der Waals surface area contributed by atoms with Crippen LogP contribution in [0.15, 0.2) is 24.3 Å². The molecule has 25 heavy (non-hydrogen) atoms. The zero-order chi connectivity index (χ0) is 18.0. The van der Waals surface area contributed by atoms with Crippen LogP contribution in [0.5, 0.6) is 0 Å². The summed E-state index contributed by atoms with van der Waals surface area (Å²) in [6, 6.07) is 8.55. The number of aryl methyl sites for hydroxylation is 1. The van der Waals surface area contributed by atoms with Crippen molar-refractivity contribution in [1.29, 1.82) is 0 Å². The first-order chi connectivity index (χ1) is 12.0. The second-order valence-corrected chi connectivity index (χ2v) is 7.34. The van der Waals surface area contributed by atoms with Crippen molar-refractivity contribution in [3.63, 3.8) is 0 Å².